The van der Waals surface area contributed by atoms with Crippen molar-refractivity contribution in [2.75, 3.05) is 18.4 Å². The predicted octanol–water partition coefficient (Wildman–Crippen LogP) is 2.24. The number of hydrogen-bond acceptors (Lipinski definition) is 7. The van der Waals surface area contributed by atoms with E-state index in [0.717, 1.165) is 12.2 Å². The minimum atomic E-state index is -0.635. The Morgan fingerprint density at radius 2 is 2.13 bits per heavy atom. The summed E-state index contributed by atoms with van der Waals surface area (Å²) in [5, 5.41) is 17.3. The smallest absolute Gasteiger partial charge is 0.254 e. The van der Waals surface area contributed by atoms with Crippen LogP contribution in [0.1, 0.15) is 28.5 Å². The molecule has 1 saturated heterocycles. The van der Waals surface area contributed by atoms with Crippen LogP contribution in [-0.2, 0) is 6.54 Å². The Bertz CT molecular complexity index is 1090. The maximum absolute atomic E-state index is 13.2. The molecule has 4 rings (SSSR count). The minimum absolute atomic E-state index is 0.204. The van der Waals surface area contributed by atoms with Gasteiger partial charge in [-0.25, -0.2) is 4.39 Å². The average molecular weight is 420 g/mol. The molecular formula is C21H21FN8O. The van der Waals surface area contributed by atoms with Crippen LogP contribution in [0.25, 0.3) is 0 Å². The van der Waals surface area contributed by atoms with Gasteiger partial charge in [-0.15, -0.1) is 0 Å². The lowest BCUT2D eigenvalue weighted by atomic mass is 9.93. The van der Waals surface area contributed by atoms with Gasteiger partial charge < -0.3 is 11.1 Å². The maximum Gasteiger partial charge on any atom is 0.254 e. The van der Waals surface area contributed by atoms with Crippen molar-refractivity contribution in [3.63, 3.8) is 0 Å². The first kappa shape index (κ1) is 20.4. The number of hydrogen-bond donors (Lipinski definition) is 2. The number of amides is 1. The number of nitriles is 1. The number of carbonyl (C=O) groups is 1. The van der Waals surface area contributed by atoms with E-state index in [0.29, 0.717) is 25.2 Å². The third kappa shape index (κ3) is 4.67. The molecule has 1 fully saturated rings. The van der Waals surface area contributed by atoms with E-state index < -0.39 is 5.91 Å². The maximum atomic E-state index is 13.2. The number of nitrogens with zero attached hydrogens (tertiary/aromatic N) is 6. The highest BCUT2D eigenvalue weighted by molar-refractivity contribution is 5.98. The predicted molar refractivity (Wildman–Crippen MR) is 110 cm³/mol. The second-order valence-corrected chi connectivity index (χ2v) is 7.39. The molecule has 0 aliphatic carbocycles. The normalized spacial score (nSPS) is 19.0. The van der Waals surface area contributed by atoms with Crippen LogP contribution in [0, 0.1) is 23.1 Å². The number of primary amides is 1. The molecule has 0 unspecified atom stereocenters. The number of halogens is 1. The number of carbonyl (C=O) groups excluding carboxylic acids is 1. The van der Waals surface area contributed by atoms with Crippen LogP contribution in [0.2, 0.25) is 0 Å². The van der Waals surface area contributed by atoms with Crippen molar-refractivity contribution >= 4 is 17.4 Å². The summed E-state index contributed by atoms with van der Waals surface area (Å²) in [6.07, 6.45) is 7.23. The molecule has 1 aliphatic heterocycles. The molecule has 1 aliphatic rings. The Balaban J connectivity index is 1.52. The van der Waals surface area contributed by atoms with Crippen LogP contribution in [0.3, 0.4) is 0 Å². The van der Waals surface area contributed by atoms with Gasteiger partial charge in [0.1, 0.15) is 11.4 Å². The Labute approximate surface area is 178 Å². The molecule has 0 radical (unpaired) electrons. The van der Waals surface area contributed by atoms with Gasteiger partial charge in [-0.2, -0.15) is 10.4 Å². The second kappa shape index (κ2) is 8.89. The molecule has 3 heterocycles. The SMILES string of the molecule is N#C[C@@H]1CN(Cc2cnccn2)CC[C@@H]1n1cc(C(N)=O)c(Nc2ccc(F)cc2)n1. The number of likely N-dealkylation sites (tertiary alicyclic amines) is 1. The number of anilines is 2. The van der Waals surface area contributed by atoms with E-state index >= 15 is 0 Å². The molecule has 10 heteroatoms. The van der Waals surface area contributed by atoms with Crippen LogP contribution in [-0.4, -0.2) is 43.6 Å². The first-order valence-corrected chi connectivity index (χ1v) is 9.82. The molecule has 158 valence electrons. The van der Waals surface area contributed by atoms with E-state index in [1.807, 2.05) is 0 Å². The highest BCUT2D eigenvalue weighted by atomic mass is 19.1. The standard InChI is InChI=1S/C21H21FN8O/c22-15-1-3-16(4-2-15)27-21-18(20(24)31)13-30(28-21)19-5-8-29(11-14(19)9-23)12-17-10-25-6-7-26-17/h1-4,6-7,10,13-14,19H,5,8,11-12H2,(H2,24,31)(H,27,28)/t14-,19+/m1/s1. The molecule has 3 N–H and O–H groups in total. The summed E-state index contributed by atoms with van der Waals surface area (Å²) >= 11 is 0. The van der Waals surface area contributed by atoms with Gasteiger partial charge in [0.25, 0.3) is 5.91 Å². The van der Waals surface area contributed by atoms with Crippen LogP contribution < -0.4 is 11.1 Å². The van der Waals surface area contributed by atoms with E-state index in [-0.39, 0.29) is 29.2 Å². The summed E-state index contributed by atoms with van der Waals surface area (Å²) in [5.41, 5.74) is 7.16. The summed E-state index contributed by atoms with van der Waals surface area (Å²) in [6.45, 7) is 1.90. The fraction of sp³-hybridized carbons (Fsp3) is 0.286. The van der Waals surface area contributed by atoms with Crippen molar-refractivity contribution in [3.05, 3.63) is 66.1 Å². The minimum Gasteiger partial charge on any atom is -0.365 e. The zero-order valence-electron chi connectivity index (χ0n) is 16.6. The summed E-state index contributed by atoms with van der Waals surface area (Å²) in [5.74, 6) is -1.05. The fourth-order valence-corrected chi connectivity index (χ4v) is 3.74. The van der Waals surface area contributed by atoms with Gasteiger partial charge in [0.2, 0.25) is 0 Å². The van der Waals surface area contributed by atoms with Crippen LogP contribution in [0.15, 0.2) is 49.1 Å². The quantitative estimate of drug-likeness (QED) is 0.626. The summed E-state index contributed by atoms with van der Waals surface area (Å²) in [7, 11) is 0. The molecule has 0 bridgehead atoms. The van der Waals surface area contributed by atoms with Crippen LogP contribution in [0.5, 0.6) is 0 Å². The molecule has 2 atom stereocenters. The van der Waals surface area contributed by atoms with Gasteiger partial charge in [-0.05, 0) is 30.7 Å². The van der Waals surface area contributed by atoms with Crippen molar-refractivity contribution in [1.29, 1.82) is 5.26 Å². The Morgan fingerprint density at radius 3 is 2.81 bits per heavy atom. The highest BCUT2D eigenvalue weighted by Gasteiger charge is 2.32. The van der Waals surface area contributed by atoms with Crippen molar-refractivity contribution in [2.45, 2.75) is 19.0 Å². The van der Waals surface area contributed by atoms with Crippen molar-refractivity contribution in [2.24, 2.45) is 11.7 Å². The van der Waals surface area contributed by atoms with Gasteiger partial charge in [0.05, 0.1) is 23.7 Å². The van der Waals surface area contributed by atoms with Crippen LogP contribution in [0.4, 0.5) is 15.9 Å². The fourth-order valence-electron chi connectivity index (χ4n) is 3.74. The monoisotopic (exact) mass is 420 g/mol. The van der Waals surface area contributed by atoms with Crippen LogP contribution >= 0.6 is 0 Å². The number of piperidine rings is 1. The lowest BCUT2D eigenvalue weighted by Gasteiger charge is -2.35. The van der Waals surface area contributed by atoms with Crippen molar-refractivity contribution in [3.8, 4) is 6.07 Å². The number of rotatable bonds is 6. The first-order valence-electron chi connectivity index (χ1n) is 9.82. The third-order valence-corrected chi connectivity index (χ3v) is 5.27. The topological polar surface area (TPSA) is 126 Å². The molecule has 31 heavy (non-hydrogen) atoms. The number of benzene rings is 1. The largest absolute Gasteiger partial charge is 0.365 e. The number of nitrogens with one attached hydrogen (secondary N) is 1. The van der Waals surface area contributed by atoms with E-state index in [1.165, 1.54) is 12.1 Å². The molecule has 0 saturated carbocycles. The Hall–Kier alpha value is -3.84. The second-order valence-electron chi connectivity index (χ2n) is 7.39. The summed E-state index contributed by atoms with van der Waals surface area (Å²) in [6, 6.07) is 7.86. The zero-order valence-corrected chi connectivity index (χ0v) is 16.6. The molecular weight excluding hydrogens is 399 g/mol. The van der Waals surface area contributed by atoms with Crippen molar-refractivity contribution in [1.82, 2.24) is 24.6 Å². The number of nitrogens with two attached hydrogens (primary N) is 1. The lowest BCUT2D eigenvalue weighted by molar-refractivity contribution is 0.100. The van der Waals surface area contributed by atoms with Gasteiger partial charge in [0.15, 0.2) is 5.82 Å². The average Bonchev–Trinajstić information content (AvgIpc) is 3.20. The third-order valence-electron chi connectivity index (χ3n) is 5.27. The lowest BCUT2D eigenvalue weighted by Crippen LogP contribution is -2.40. The molecule has 9 nitrogen and oxygen atoms in total. The van der Waals surface area contributed by atoms with E-state index in [2.05, 4.69) is 31.4 Å². The van der Waals surface area contributed by atoms with Gasteiger partial charge in [0, 0.05) is 50.1 Å². The van der Waals surface area contributed by atoms with Gasteiger partial charge >= 0.3 is 0 Å². The molecule has 3 aromatic rings. The first-order chi connectivity index (χ1) is 15.0. The van der Waals surface area contributed by atoms with Gasteiger partial charge in [-0.3, -0.25) is 24.3 Å². The summed E-state index contributed by atoms with van der Waals surface area (Å²) < 4.78 is 14.8. The van der Waals surface area contributed by atoms with E-state index in [9.17, 15) is 14.4 Å². The van der Waals surface area contributed by atoms with E-state index in [4.69, 9.17) is 5.73 Å². The van der Waals surface area contributed by atoms with E-state index in [1.54, 1.807) is 41.6 Å². The Kier molecular flexibility index (Phi) is 5.86. The van der Waals surface area contributed by atoms with Crippen molar-refractivity contribution < 1.29 is 9.18 Å². The molecule has 1 aromatic carbocycles. The van der Waals surface area contributed by atoms with Gasteiger partial charge in [-0.1, -0.05) is 0 Å². The molecule has 1 amide bonds. The Morgan fingerprint density at radius 1 is 1.32 bits per heavy atom. The highest BCUT2D eigenvalue weighted by Crippen LogP contribution is 2.30. The molecule has 2 aromatic heterocycles. The number of aromatic nitrogens is 4. The zero-order chi connectivity index (χ0) is 21.8. The summed E-state index contributed by atoms with van der Waals surface area (Å²) in [4.78, 5) is 22.5. The molecule has 0 spiro atoms.